The Morgan fingerprint density at radius 2 is 1.03 bits per heavy atom. The van der Waals surface area contributed by atoms with Gasteiger partial charge < -0.3 is 30.1 Å². The van der Waals surface area contributed by atoms with Crippen molar-refractivity contribution in [2.24, 2.45) is 0 Å². The fraction of sp³-hybridized carbons (Fsp3) is 0.286. The first-order valence-electron chi connectivity index (χ1n) is 18.8. The Kier molecular flexibility index (Phi) is 10.9. The Morgan fingerprint density at radius 1 is 0.667 bits per heavy atom. The normalized spacial score (nSPS) is 17.1. The van der Waals surface area contributed by atoms with Gasteiger partial charge in [-0.15, -0.1) is 9.97 Å². The molecule has 8 rings (SSSR count). The van der Waals surface area contributed by atoms with Gasteiger partial charge in [-0.05, 0) is 136 Å². The zero-order valence-corrected chi connectivity index (χ0v) is 34.4. The smallest absolute Gasteiger partial charge is 0.272 e. The number of anilines is 4. The van der Waals surface area contributed by atoms with Gasteiger partial charge in [0.2, 0.25) is 0 Å². The summed E-state index contributed by atoms with van der Waals surface area (Å²) in [6, 6.07) is 11.9. The van der Waals surface area contributed by atoms with Crippen LogP contribution in [0.15, 0.2) is 60.9 Å². The average Bonchev–Trinajstić information content (AvgIpc) is 3.59. The number of aromatic nitrogens is 2. The number of nitrogens with zero attached hydrogens (tertiary/aromatic N) is 8. The van der Waals surface area contributed by atoms with Gasteiger partial charge in [0.15, 0.2) is 10.2 Å². The number of benzene rings is 2. The molecule has 2 spiro atoms. The summed E-state index contributed by atoms with van der Waals surface area (Å²) in [6.07, 6.45) is 6.98. The summed E-state index contributed by atoms with van der Waals surface area (Å²) < 4.78 is 29.3. The predicted octanol–water partition coefficient (Wildman–Crippen LogP) is 7.00. The van der Waals surface area contributed by atoms with Crippen molar-refractivity contribution in [3.63, 3.8) is 0 Å². The number of rotatable bonds is 6. The third-order valence-electron chi connectivity index (χ3n) is 11.4. The number of carbonyl (C=O) groups excluding carboxylic acids is 4. The summed E-state index contributed by atoms with van der Waals surface area (Å²) in [7, 11) is 2.86. The zero-order chi connectivity index (χ0) is 43.3. The number of pyridine rings is 2. The highest BCUT2D eigenvalue weighted by atomic mass is 32.1. The van der Waals surface area contributed by atoms with Gasteiger partial charge in [-0.1, -0.05) is 13.1 Å². The fourth-order valence-electron chi connectivity index (χ4n) is 7.92. The maximum absolute atomic E-state index is 14.6. The first kappa shape index (κ1) is 41.4. The molecule has 304 valence electrons. The molecule has 2 aromatic heterocycles. The molecule has 4 aliphatic rings. The summed E-state index contributed by atoms with van der Waals surface area (Å²) in [6.45, 7) is 17.8. The van der Waals surface area contributed by atoms with Crippen molar-refractivity contribution >= 4 is 92.7 Å². The molecule has 18 heteroatoms. The lowest BCUT2D eigenvalue weighted by Gasteiger charge is -2.43. The van der Waals surface area contributed by atoms with E-state index in [4.69, 9.17) is 37.6 Å². The Labute approximate surface area is 354 Å². The molecule has 2 aromatic carbocycles. The predicted molar refractivity (Wildman–Crippen MR) is 228 cm³/mol. The zero-order valence-electron chi connectivity index (χ0n) is 32.8. The maximum atomic E-state index is 14.6. The molecule has 4 heterocycles. The number of nitrogens with one attached hydrogen (secondary N) is 2. The number of hydrogen-bond donors (Lipinski definition) is 2. The first-order chi connectivity index (χ1) is 28.7. The number of amides is 4. The van der Waals surface area contributed by atoms with Crippen LogP contribution in [-0.2, 0) is 9.59 Å². The highest BCUT2D eigenvalue weighted by Crippen LogP contribution is 2.49. The number of thiocarbonyl (C=S) groups is 2. The van der Waals surface area contributed by atoms with Crippen molar-refractivity contribution in [2.75, 3.05) is 33.7 Å². The van der Waals surface area contributed by atoms with Gasteiger partial charge in [-0.3, -0.25) is 29.0 Å². The number of hydrogen-bond acceptors (Lipinski definition) is 8. The van der Waals surface area contributed by atoms with Crippen LogP contribution in [0.25, 0.3) is 9.69 Å². The van der Waals surface area contributed by atoms with Crippen molar-refractivity contribution in [3.05, 3.63) is 118 Å². The molecule has 4 amide bonds. The van der Waals surface area contributed by atoms with Crippen LogP contribution in [0, 0.1) is 38.6 Å². The lowest BCUT2D eigenvalue weighted by molar-refractivity contribution is -0.124. The molecule has 14 nitrogen and oxygen atoms in total. The fourth-order valence-corrected chi connectivity index (χ4v) is 8.86. The molecule has 2 aliphatic heterocycles. The Bertz CT molecular complexity index is 2460. The Morgan fingerprint density at radius 3 is 1.30 bits per heavy atom. The van der Waals surface area contributed by atoms with E-state index in [1.165, 1.54) is 60.6 Å². The van der Waals surface area contributed by atoms with E-state index in [1.807, 2.05) is 0 Å². The topological polar surface area (TPSA) is 140 Å². The average molecular weight is 847 g/mol. The second-order valence-electron chi connectivity index (χ2n) is 14.7. The van der Waals surface area contributed by atoms with Crippen LogP contribution in [0.1, 0.15) is 70.4 Å². The Hall–Kier alpha value is -6.76. The van der Waals surface area contributed by atoms with Gasteiger partial charge in [0.05, 0.1) is 22.5 Å². The number of halogens is 2. The van der Waals surface area contributed by atoms with Crippen LogP contribution in [0.4, 0.5) is 43.2 Å². The second-order valence-corrected chi connectivity index (χ2v) is 15.4. The van der Waals surface area contributed by atoms with Gasteiger partial charge >= 0.3 is 0 Å². The van der Waals surface area contributed by atoms with Crippen LogP contribution in [-0.4, -0.2) is 69.0 Å². The van der Waals surface area contributed by atoms with Crippen molar-refractivity contribution in [2.45, 2.75) is 63.5 Å². The van der Waals surface area contributed by atoms with Crippen LogP contribution >= 0.6 is 24.4 Å². The van der Waals surface area contributed by atoms with Crippen molar-refractivity contribution in [3.8, 4) is 0 Å². The molecular formula is C42H36F2N10O4S2. The van der Waals surface area contributed by atoms with Crippen molar-refractivity contribution < 1.29 is 28.0 Å². The molecule has 0 unspecified atom stereocenters. The largest absolute Gasteiger partial charge is 0.360 e. The van der Waals surface area contributed by atoms with Gasteiger partial charge in [0, 0.05) is 25.5 Å². The first-order valence-corrected chi connectivity index (χ1v) is 19.6. The van der Waals surface area contributed by atoms with Crippen LogP contribution < -0.4 is 30.2 Å². The minimum atomic E-state index is -0.871. The quantitative estimate of drug-likeness (QED) is 0.154. The molecule has 60 heavy (non-hydrogen) atoms. The third-order valence-corrected chi connectivity index (χ3v) is 12.1. The summed E-state index contributed by atoms with van der Waals surface area (Å²) in [5, 5.41) is 5.25. The monoisotopic (exact) mass is 846 g/mol. The third kappa shape index (κ3) is 6.48. The van der Waals surface area contributed by atoms with E-state index in [1.54, 1.807) is 47.9 Å². The summed E-state index contributed by atoms with van der Waals surface area (Å²) in [5.74, 6) is -2.28. The molecule has 4 fully saturated rings. The van der Waals surface area contributed by atoms with E-state index < -0.39 is 34.5 Å². The molecule has 2 saturated heterocycles. The van der Waals surface area contributed by atoms with Gasteiger partial charge in [0.25, 0.3) is 35.3 Å². The Balaban J connectivity index is 0.000000181. The van der Waals surface area contributed by atoms with Crippen LogP contribution in [0.5, 0.6) is 0 Å². The highest BCUT2D eigenvalue weighted by molar-refractivity contribution is 7.81. The highest BCUT2D eigenvalue weighted by Gasteiger charge is 2.61. The summed E-state index contributed by atoms with van der Waals surface area (Å²) >= 11 is 11.3. The summed E-state index contributed by atoms with van der Waals surface area (Å²) in [4.78, 5) is 71.6. The molecule has 2 N–H and O–H groups in total. The van der Waals surface area contributed by atoms with E-state index in [9.17, 15) is 28.0 Å². The van der Waals surface area contributed by atoms with Gasteiger partial charge in [0.1, 0.15) is 35.1 Å². The lowest BCUT2D eigenvalue weighted by Crippen LogP contribution is -2.55. The molecule has 2 saturated carbocycles. The van der Waals surface area contributed by atoms with E-state index in [-0.39, 0.29) is 44.8 Å². The molecular weight excluding hydrogens is 811 g/mol. The van der Waals surface area contributed by atoms with E-state index in [0.29, 0.717) is 59.6 Å². The van der Waals surface area contributed by atoms with Gasteiger partial charge in [-0.25, -0.2) is 8.78 Å². The molecule has 0 bridgehead atoms. The molecule has 0 atom stereocenters. The minimum absolute atomic E-state index is 0.0771. The van der Waals surface area contributed by atoms with Crippen LogP contribution in [0.3, 0.4) is 0 Å². The standard InChI is InChI=1S/2C21H18FN5O2S/c2*1-12-9-14(11-25-17(12)23-2)26-19(29)21(7-4-8-21)27(20(26)30)13-5-6-15(16(22)10-13)18(28)24-3/h2*5-6,9-11H,4,7-8H2,1,3H3,(H,24,28). The van der Waals surface area contributed by atoms with Crippen molar-refractivity contribution in [1.29, 1.82) is 0 Å². The molecule has 2 aliphatic carbocycles. The van der Waals surface area contributed by atoms with E-state index in [0.717, 1.165) is 12.8 Å². The van der Waals surface area contributed by atoms with Crippen molar-refractivity contribution in [1.82, 2.24) is 20.6 Å². The number of carbonyl (C=O) groups is 4. The SMILES string of the molecule is [C-]#[N+]c1ncc(N2C(=O)C3(CCC3)N(c3ccc(C(=O)NC)c(F)c3)C2=S)cc1C.[C-]#[N+]c1ncc(N2C(=O)C3(CCC3)N(c3ccc(C(=O)NC)c(F)c3)C2=S)cc1C. The molecule has 4 aromatic rings. The van der Waals surface area contributed by atoms with Gasteiger partial charge in [-0.2, -0.15) is 0 Å². The van der Waals surface area contributed by atoms with Crippen LogP contribution in [0.2, 0.25) is 0 Å². The lowest BCUT2D eigenvalue weighted by atomic mass is 9.75. The minimum Gasteiger partial charge on any atom is -0.360 e. The maximum Gasteiger partial charge on any atom is 0.272 e. The molecule has 0 radical (unpaired) electrons. The van der Waals surface area contributed by atoms with E-state index in [2.05, 4.69) is 30.3 Å². The summed E-state index contributed by atoms with van der Waals surface area (Å²) in [5.41, 5.74) is 1.18. The van der Waals surface area contributed by atoms with E-state index >= 15 is 0 Å². The number of aryl methyl sites for hydroxylation is 2. The second kappa shape index (κ2) is 15.8.